The van der Waals surface area contributed by atoms with Crippen molar-refractivity contribution in [3.8, 4) is 5.69 Å². The van der Waals surface area contributed by atoms with Crippen LogP contribution in [0.25, 0.3) is 5.69 Å². The Hall–Kier alpha value is -3.56. The molecule has 1 heterocycles. The number of hydrogen-bond acceptors (Lipinski definition) is 7. The van der Waals surface area contributed by atoms with Crippen LogP contribution < -0.4 is 16.7 Å². The van der Waals surface area contributed by atoms with Gasteiger partial charge in [-0.1, -0.05) is 0 Å². The highest BCUT2D eigenvalue weighted by molar-refractivity contribution is 5.98. The number of aromatic nitrogens is 3. The van der Waals surface area contributed by atoms with E-state index >= 15 is 0 Å². The first-order chi connectivity index (χ1) is 12.3. The number of nitrogens with one attached hydrogen (secondary N) is 1. The Morgan fingerprint density at radius 1 is 0.962 bits per heavy atom. The lowest BCUT2D eigenvalue weighted by Crippen LogP contribution is -2.26. The Balaban J connectivity index is 2.35. The lowest BCUT2D eigenvalue weighted by molar-refractivity contribution is -0.138. The van der Waals surface area contributed by atoms with Crippen LogP contribution in [0, 0.1) is 0 Å². The molecule has 0 aliphatic carbocycles. The molecule has 0 aliphatic rings. The fourth-order valence-electron chi connectivity index (χ4n) is 2.13. The Morgan fingerprint density at radius 2 is 1.50 bits per heavy atom. The zero-order valence-corrected chi connectivity index (χ0v) is 14.7. The Labute approximate surface area is 147 Å². The molecule has 0 bridgehead atoms. The van der Waals surface area contributed by atoms with Gasteiger partial charge < -0.3 is 14.8 Å². The van der Waals surface area contributed by atoms with Crippen LogP contribution in [-0.4, -0.2) is 40.1 Å². The lowest BCUT2D eigenvalue weighted by atomic mass is 10.2. The number of benzene rings is 1. The van der Waals surface area contributed by atoms with Crippen LogP contribution in [0.15, 0.2) is 45.6 Å². The van der Waals surface area contributed by atoms with Crippen molar-refractivity contribution in [3.63, 3.8) is 0 Å². The number of methoxy groups -OCH3 is 2. The first kappa shape index (κ1) is 18.8. The van der Waals surface area contributed by atoms with Crippen LogP contribution in [0.1, 0.15) is 0 Å². The highest BCUT2D eigenvalue weighted by Crippen LogP contribution is 2.14. The SMILES string of the molecule is COC(=O)/C=C(/Nc1ccc(-n2c(=O)n(C)n(C)c2=O)cc1)C(=O)OC. The van der Waals surface area contributed by atoms with E-state index in [1.165, 1.54) is 49.8 Å². The van der Waals surface area contributed by atoms with E-state index in [4.69, 9.17) is 0 Å². The maximum Gasteiger partial charge on any atom is 0.354 e. The number of nitrogens with zero attached hydrogens (tertiary/aromatic N) is 3. The van der Waals surface area contributed by atoms with E-state index in [1.807, 2.05) is 0 Å². The average Bonchev–Trinajstić information content (AvgIpc) is 2.84. The van der Waals surface area contributed by atoms with Crippen LogP contribution in [-0.2, 0) is 33.2 Å². The third-order valence-corrected chi connectivity index (χ3v) is 3.66. The molecular weight excluding hydrogens is 344 g/mol. The second-order valence-electron chi connectivity index (χ2n) is 5.19. The number of carbonyl (C=O) groups excluding carboxylic acids is 2. The van der Waals surface area contributed by atoms with E-state index in [9.17, 15) is 19.2 Å². The van der Waals surface area contributed by atoms with Crippen LogP contribution >= 0.6 is 0 Å². The third-order valence-electron chi connectivity index (χ3n) is 3.66. The molecule has 0 fully saturated rings. The number of esters is 2. The standard InChI is InChI=1S/C16H18N4O6/c1-18-15(23)20(16(24)19(18)2)11-7-5-10(6-8-11)17-12(14(22)26-4)9-13(21)25-3/h5-9,17H,1-4H3/b12-9+. The maximum absolute atomic E-state index is 12.1. The van der Waals surface area contributed by atoms with Gasteiger partial charge in [0.25, 0.3) is 0 Å². The minimum atomic E-state index is -0.757. The Kier molecular flexibility index (Phi) is 5.45. The van der Waals surface area contributed by atoms with Gasteiger partial charge in [-0.2, -0.15) is 0 Å². The molecule has 138 valence electrons. The van der Waals surface area contributed by atoms with Crippen molar-refractivity contribution in [2.75, 3.05) is 19.5 Å². The van der Waals surface area contributed by atoms with Gasteiger partial charge in [-0.25, -0.2) is 33.1 Å². The van der Waals surface area contributed by atoms with Crippen molar-refractivity contribution in [1.29, 1.82) is 0 Å². The Bertz CT molecular complexity index is 944. The zero-order valence-electron chi connectivity index (χ0n) is 14.7. The van der Waals surface area contributed by atoms with E-state index in [-0.39, 0.29) is 5.70 Å². The first-order valence-corrected chi connectivity index (χ1v) is 7.40. The van der Waals surface area contributed by atoms with Gasteiger partial charge in [0, 0.05) is 19.8 Å². The summed E-state index contributed by atoms with van der Waals surface area (Å²) in [7, 11) is 5.32. The summed E-state index contributed by atoms with van der Waals surface area (Å²) in [5.74, 6) is -1.48. The van der Waals surface area contributed by atoms with Crippen LogP contribution in [0.2, 0.25) is 0 Å². The second kappa shape index (κ2) is 7.55. The minimum absolute atomic E-state index is 0.125. The van der Waals surface area contributed by atoms with Gasteiger partial charge in [0.05, 0.1) is 26.0 Å². The molecule has 1 aromatic heterocycles. The van der Waals surface area contributed by atoms with Gasteiger partial charge in [0.2, 0.25) is 0 Å². The molecule has 0 saturated carbocycles. The summed E-state index contributed by atoms with van der Waals surface area (Å²) in [5, 5.41) is 2.73. The van der Waals surface area contributed by atoms with Crippen molar-refractivity contribution in [2.24, 2.45) is 14.1 Å². The first-order valence-electron chi connectivity index (χ1n) is 7.40. The molecule has 2 aromatic rings. The number of hydrogen-bond donors (Lipinski definition) is 1. The summed E-state index contributed by atoms with van der Waals surface area (Å²) in [6, 6.07) is 6.14. The third kappa shape index (κ3) is 3.58. The fraction of sp³-hybridized carbons (Fsp3) is 0.250. The largest absolute Gasteiger partial charge is 0.466 e. The summed E-state index contributed by atoms with van der Waals surface area (Å²) in [6.45, 7) is 0. The zero-order chi connectivity index (χ0) is 19.4. The lowest BCUT2D eigenvalue weighted by Gasteiger charge is -2.09. The molecule has 0 unspecified atom stereocenters. The topological polar surface area (TPSA) is 114 Å². The number of rotatable bonds is 5. The van der Waals surface area contributed by atoms with Crippen molar-refractivity contribution in [3.05, 3.63) is 57.0 Å². The quantitative estimate of drug-likeness (QED) is 0.564. The number of carbonyl (C=O) groups is 2. The molecule has 1 N–H and O–H groups in total. The van der Waals surface area contributed by atoms with Gasteiger partial charge in [-0.05, 0) is 24.3 Å². The minimum Gasteiger partial charge on any atom is -0.466 e. The van der Waals surface area contributed by atoms with Crippen molar-refractivity contribution < 1.29 is 19.1 Å². The summed E-state index contributed by atoms with van der Waals surface area (Å²) in [6.07, 6.45) is 0.956. The molecule has 26 heavy (non-hydrogen) atoms. The molecule has 0 spiro atoms. The summed E-state index contributed by atoms with van der Waals surface area (Å²) < 4.78 is 12.5. The van der Waals surface area contributed by atoms with Gasteiger partial charge >= 0.3 is 23.3 Å². The highest BCUT2D eigenvalue weighted by atomic mass is 16.5. The van der Waals surface area contributed by atoms with Gasteiger partial charge in [0.15, 0.2) is 0 Å². The highest BCUT2D eigenvalue weighted by Gasteiger charge is 2.14. The van der Waals surface area contributed by atoms with Crippen LogP contribution in [0.4, 0.5) is 5.69 Å². The maximum atomic E-state index is 12.1. The predicted octanol–water partition coefficient (Wildman–Crippen LogP) is -0.483. The molecule has 0 aliphatic heterocycles. The van der Waals surface area contributed by atoms with E-state index in [1.54, 1.807) is 12.1 Å². The number of ether oxygens (including phenoxy) is 2. The predicted molar refractivity (Wildman–Crippen MR) is 92.0 cm³/mol. The molecule has 2 rings (SSSR count). The molecule has 0 radical (unpaired) electrons. The van der Waals surface area contributed by atoms with Gasteiger partial charge in [-0.3, -0.25) is 0 Å². The van der Waals surface area contributed by atoms with Crippen molar-refractivity contribution >= 4 is 17.6 Å². The summed E-state index contributed by atoms with van der Waals surface area (Å²) in [5.41, 5.74) is -0.300. The summed E-state index contributed by atoms with van der Waals surface area (Å²) >= 11 is 0. The molecule has 1 aromatic carbocycles. The van der Waals surface area contributed by atoms with Crippen LogP contribution in [0.5, 0.6) is 0 Å². The monoisotopic (exact) mass is 362 g/mol. The normalized spacial score (nSPS) is 11.2. The smallest absolute Gasteiger partial charge is 0.354 e. The molecule has 10 nitrogen and oxygen atoms in total. The fourth-order valence-corrected chi connectivity index (χ4v) is 2.13. The Morgan fingerprint density at radius 3 is 1.96 bits per heavy atom. The summed E-state index contributed by atoms with van der Waals surface area (Å²) in [4.78, 5) is 47.3. The van der Waals surface area contributed by atoms with E-state index in [2.05, 4.69) is 14.8 Å². The van der Waals surface area contributed by atoms with E-state index in [0.717, 1.165) is 10.6 Å². The van der Waals surface area contributed by atoms with Crippen molar-refractivity contribution in [1.82, 2.24) is 13.9 Å². The van der Waals surface area contributed by atoms with Crippen molar-refractivity contribution in [2.45, 2.75) is 0 Å². The molecule has 10 heteroatoms. The van der Waals surface area contributed by atoms with E-state index in [0.29, 0.717) is 11.4 Å². The number of anilines is 1. The molecule has 0 atom stereocenters. The second-order valence-corrected chi connectivity index (χ2v) is 5.19. The average molecular weight is 362 g/mol. The van der Waals surface area contributed by atoms with E-state index < -0.39 is 23.3 Å². The molecule has 0 saturated heterocycles. The van der Waals surface area contributed by atoms with Crippen LogP contribution in [0.3, 0.4) is 0 Å². The van der Waals surface area contributed by atoms with Gasteiger partial charge in [0.1, 0.15) is 5.70 Å². The molecular formula is C16H18N4O6. The molecule has 0 amide bonds. The van der Waals surface area contributed by atoms with Gasteiger partial charge in [-0.15, -0.1) is 0 Å².